The van der Waals surface area contributed by atoms with E-state index in [1.54, 1.807) is 13.2 Å². The predicted molar refractivity (Wildman–Crippen MR) is 84.7 cm³/mol. The highest BCUT2D eigenvalue weighted by Crippen LogP contribution is 2.43. The van der Waals surface area contributed by atoms with Gasteiger partial charge in [0.05, 0.1) is 12.0 Å². The molecule has 1 saturated carbocycles. The van der Waals surface area contributed by atoms with Crippen molar-refractivity contribution in [3.8, 4) is 5.75 Å². The van der Waals surface area contributed by atoms with Crippen LogP contribution in [0, 0.1) is 6.92 Å². The number of hydrogen-bond donors (Lipinski definition) is 1. The lowest BCUT2D eigenvalue weighted by atomic mass is 9.69. The first-order valence-corrected chi connectivity index (χ1v) is 9.32. The molecule has 5 heteroatoms. The number of benzene rings is 1. The molecule has 0 aromatic heterocycles. The highest BCUT2D eigenvalue weighted by atomic mass is 32.2. The van der Waals surface area contributed by atoms with E-state index in [1.807, 2.05) is 13.0 Å². The summed E-state index contributed by atoms with van der Waals surface area (Å²) in [5.41, 5.74) is 7.52. The fraction of sp³-hybridized carbons (Fsp3) is 0.625. The maximum Gasteiger partial charge on any atom is 0.175 e. The van der Waals surface area contributed by atoms with Crippen LogP contribution in [0.1, 0.15) is 43.2 Å². The largest absolute Gasteiger partial charge is 0.496 e. The van der Waals surface area contributed by atoms with Crippen LogP contribution in [0.3, 0.4) is 0 Å². The maximum absolute atomic E-state index is 12.2. The summed E-state index contributed by atoms with van der Waals surface area (Å²) in [4.78, 5) is 0.410. The lowest BCUT2D eigenvalue weighted by molar-refractivity contribution is 0.294. The molecule has 1 aliphatic carbocycles. The van der Waals surface area contributed by atoms with Gasteiger partial charge in [-0.3, -0.25) is 0 Å². The summed E-state index contributed by atoms with van der Waals surface area (Å²) >= 11 is 0. The standard InChI is InChI=1S/C16H25NO3S/c1-12-9-15(21(3,18)19)13(10-14(12)20-2)16(11-17)7-5-4-6-8-16/h9-10H,4-8,11,17H2,1-3H3. The highest BCUT2D eigenvalue weighted by Gasteiger charge is 2.36. The topological polar surface area (TPSA) is 69.4 Å². The van der Waals surface area contributed by atoms with Crippen LogP contribution in [0.2, 0.25) is 0 Å². The summed E-state index contributed by atoms with van der Waals surface area (Å²) in [7, 11) is -1.68. The minimum absolute atomic E-state index is 0.238. The van der Waals surface area contributed by atoms with Crippen LogP contribution < -0.4 is 10.5 Å². The number of rotatable bonds is 4. The monoisotopic (exact) mass is 311 g/mol. The second-order valence-corrected chi connectivity index (χ2v) is 8.12. The summed E-state index contributed by atoms with van der Waals surface area (Å²) < 4.78 is 29.8. The van der Waals surface area contributed by atoms with Gasteiger partial charge >= 0.3 is 0 Å². The fourth-order valence-electron chi connectivity index (χ4n) is 3.41. The van der Waals surface area contributed by atoms with E-state index in [-0.39, 0.29) is 5.41 Å². The van der Waals surface area contributed by atoms with E-state index < -0.39 is 9.84 Å². The molecule has 1 aromatic carbocycles. The van der Waals surface area contributed by atoms with Crippen molar-refractivity contribution in [1.82, 2.24) is 0 Å². The van der Waals surface area contributed by atoms with Gasteiger partial charge in [0, 0.05) is 18.2 Å². The van der Waals surface area contributed by atoms with Crippen molar-refractivity contribution in [3.63, 3.8) is 0 Å². The number of methoxy groups -OCH3 is 1. The van der Waals surface area contributed by atoms with Gasteiger partial charge in [0.25, 0.3) is 0 Å². The molecule has 1 fully saturated rings. The summed E-state index contributed by atoms with van der Waals surface area (Å²) in [5, 5.41) is 0. The van der Waals surface area contributed by atoms with E-state index in [1.165, 1.54) is 12.7 Å². The van der Waals surface area contributed by atoms with E-state index in [4.69, 9.17) is 10.5 Å². The van der Waals surface area contributed by atoms with Crippen molar-refractivity contribution >= 4 is 9.84 Å². The first kappa shape index (κ1) is 16.3. The van der Waals surface area contributed by atoms with Gasteiger partial charge in [-0.15, -0.1) is 0 Å². The molecule has 0 heterocycles. The van der Waals surface area contributed by atoms with Gasteiger partial charge in [0.2, 0.25) is 0 Å². The number of sulfone groups is 1. The minimum Gasteiger partial charge on any atom is -0.496 e. The van der Waals surface area contributed by atoms with Crippen molar-refractivity contribution in [2.24, 2.45) is 5.73 Å². The van der Waals surface area contributed by atoms with Gasteiger partial charge < -0.3 is 10.5 Å². The molecule has 0 spiro atoms. The normalized spacial score (nSPS) is 18.5. The zero-order chi connectivity index (χ0) is 15.7. The van der Waals surface area contributed by atoms with Crippen molar-refractivity contribution < 1.29 is 13.2 Å². The third-order valence-electron chi connectivity index (χ3n) is 4.67. The summed E-state index contributed by atoms with van der Waals surface area (Å²) in [6.45, 7) is 2.34. The summed E-state index contributed by atoms with van der Waals surface area (Å²) in [6.07, 6.45) is 6.54. The molecule has 0 aliphatic heterocycles. The second-order valence-electron chi connectivity index (χ2n) is 6.14. The molecule has 118 valence electrons. The van der Waals surface area contributed by atoms with Crippen molar-refractivity contribution in [3.05, 3.63) is 23.3 Å². The fourth-order valence-corrected chi connectivity index (χ4v) is 4.48. The summed E-state index contributed by atoms with van der Waals surface area (Å²) in [6, 6.07) is 3.62. The molecule has 21 heavy (non-hydrogen) atoms. The van der Waals surface area contributed by atoms with Crippen LogP contribution >= 0.6 is 0 Å². The van der Waals surface area contributed by atoms with Gasteiger partial charge in [-0.25, -0.2) is 8.42 Å². The van der Waals surface area contributed by atoms with Gasteiger partial charge in [0.1, 0.15) is 5.75 Å². The van der Waals surface area contributed by atoms with E-state index in [0.29, 0.717) is 11.4 Å². The Hall–Kier alpha value is -1.07. The number of nitrogens with two attached hydrogens (primary N) is 1. The molecular weight excluding hydrogens is 286 g/mol. The van der Waals surface area contributed by atoms with Crippen LogP contribution in [0.4, 0.5) is 0 Å². The Kier molecular flexibility index (Phi) is 4.63. The number of hydrogen-bond acceptors (Lipinski definition) is 4. The summed E-state index contributed by atoms with van der Waals surface area (Å²) in [5.74, 6) is 0.732. The molecule has 0 amide bonds. The average molecular weight is 311 g/mol. The van der Waals surface area contributed by atoms with Crippen molar-refractivity contribution in [2.45, 2.75) is 49.3 Å². The lowest BCUT2D eigenvalue weighted by Gasteiger charge is -2.38. The molecule has 0 saturated heterocycles. The van der Waals surface area contributed by atoms with Crippen LogP contribution in [-0.4, -0.2) is 28.3 Å². The molecule has 1 aromatic rings. The van der Waals surface area contributed by atoms with Gasteiger partial charge in [0.15, 0.2) is 9.84 Å². The van der Waals surface area contributed by atoms with Crippen LogP contribution in [0.5, 0.6) is 5.75 Å². The molecule has 2 N–H and O–H groups in total. The average Bonchev–Trinajstić information content (AvgIpc) is 2.46. The zero-order valence-corrected chi connectivity index (χ0v) is 13.9. The quantitative estimate of drug-likeness (QED) is 0.928. The minimum atomic E-state index is -3.29. The van der Waals surface area contributed by atoms with Gasteiger partial charge in [-0.2, -0.15) is 0 Å². The Morgan fingerprint density at radius 1 is 1.24 bits per heavy atom. The molecule has 0 bridgehead atoms. The molecule has 0 atom stereocenters. The van der Waals surface area contributed by atoms with E-state index in [2.05, 4.69) is 0 Å². The van der Waals surface area contributed by atoms with E-state index in [0.717, 1.165) is 42.6 Å². The zero-order valence-electron chi connectivity index (χ0n) is 13.1. The SMILES string of the molecule is COc1cc(C2(CN)CCCCC2)c(S(C)(=O)=O)cc1C. The third-order valence-corrected chi connectivity index (χ3v) is 5.81. The number of ether oxygens (including phenoxy) is 1. The molecule has 2 rings (SSSR count). The van der Waals surface area contributed by atoms with Gasteiger partial charge in [-0.05, 0) is 43.0 Å². The molecular formula is C16H25NO3S. The Bertz CT molecular complexity index is 617. The second kappa shape index (κ2) is 5.97. The van der Waals surface area contributed by atoms with Crippen molar-refractivity contribution in [1.29, 1.82) is 0 Å². The van der Waals surface area contributed by atoms with E-state index in [9.17, 15) is 8.42 Å². The Morgan fingerprint density at radius 3 is 2.33 bits per heavy atom. The molecule has 0 radical (unpaired) electrons. The smallest absolute Gasteiger partial charge is 0.175 e. The predicted octanol–water partition coefficient (Wildman–Crippen LogP) is 2.57. The van der Waals surface area contributed by atoms with Crippen LogP contribution in [0.25, 0.3) is 0 Å². The molecule has 0 unspecified atom stereocenters. The Labute approximate surface area is 127 Å². The molecule has 4 nitrogen and oxygen atoms in total. The van der Waals surface area contributed by atoms with Gasteiger partial charge in [-0.1, -0.05) is 19.3 Å². The lowest BCUT2D eigenvalue weighted by Crippen LogP contribution is -2.38. The van der Waals surface area contributed by atoms with Crippen LogP contribution in [0.15, 0.2) is 17.0 Å². The first-order chi connectivity index (χ1) is 9.84. The third kappa shape index (κ3) is 3.09. The molecule has 1 aliphatic rings. The Balaban J connectivity index is 2.69. The first-order valence-electron chi connectivity index (χ1n) is 7.43. The maximum atomic E-state index is 12.2. The highest BCUT2D eigenvalue weighted by molar-refractivity contribution is 7.90. The van der Waals surface area contributed by atoms with E-state index >= 15 is 0 Å². The Morgan fingerprint density at radius 2 is 1.86 bits per heavy atom. The van der Waals surface area contributed by atoms with Crippen LogP contribution in [-0.2, 0) is 15.3 Å². The number of aryl methyl sites for hydroxylation is 1. The van der Waals surface area contributed by atoms with Crippen molar-refractivity contribution in [2.75, 3.05) is 19.9 Å².